The second kappa shape index (κ2) is 3.86. The van der Waals surface area contributed by atoms with Crippen molar-refractivity contribution in [2.45, 2.75) is 19.8 Å². The van der Waals surface area contributed by atoms with Crippen LogP contribution in [0.2, 0.25) is 5.02 Å². The molecular weight excluding hydrogens is 248 g/mol. The molecule has 0 aliphatic heterocycles. The van der Waals surface area contributed by atoms with Crippen LogP contribution in [0.4, 0.5) is 0 Å². The van der Waals surface area contributed by atoms with Gasteiger partial charge in [-0.2, -0.15) is 11.3 Å². The second-order valence-corrected chi connectivity index (χ2v) is 5.22. The number of hydrogen-bond acceptors (Lipinski definition) is 3. The smallest absolute Gasteiger partial charge is 0.310 e. The maximum absolute atomic E-state index is 12.0. The van der Waals surface area contributed by atoms with Crippen LogP contribution in [0.3, 0.4) is 0 Å². The normalized spacial score (nSPS) is 27.8. The molecule has 1 aliphatic rings. The van der Waals surface area contributed by atoms with Gasteiger partial charge in [0, 0.05) is 22.2 Å². The average molecular weight is 259 g/mol. The summed E-state index contributed by atoms with van der Waals surface area (Å²) in [6, 6.07) is 0. The SMILES string of the molecule is CCC1(C(=O)O)CC1C(=O)c1cscc1Cl. The van der Waals surface area contributed by atoms with Crippen molar-refractivity contribution in [3.05, 3.63) is 21.3 Å². The van der Waals surface area contributed by atoms with Gasteiger partial charge in [0.2, 0.25) is 0 Å². The molecule has 86 valence electrons. The third-order valence-electron chi connectivity index (χ3n) is 3.33. The number of ketones is 1. The van der Waals surface area contributed by atoms with Gasteiger partial charge >= 0.3 is 5.97 Å². The van der Waals surface area contributed by atoms with Crippen molar-refractivity contribution in [1.82, 2.24) is 0 Å². The molecule has 1 saturated carbocycles. The van der Waals surface area contributed by atoms with Gasteiger partial charge in [0.25, 0.3) is 0 Å². The molecule has 2 rings (SSSR count). The molecule has 16 heavy (non-hydrogen) atoms. The van der Waals surface area contributed by atoms with Crippen LogP contribution in [0.15, 0.2) is 10.8 Å². The minimum absolute atomic E-state index is 0.129. The number of aliphatic carboxylic acids is 1. The Labute approximate surface area is 102 Å². The molecule has 1 aliphatic carbocycles. The number of hydrogen-bond donors (Lipinski definition) is 1. The van der Waals surface area contributed by atoms with Gasteiger partial charge in [-0.05, 0) is 12.8 Å². The van der Waals surface area contributed by atoms with Crippen molar-refractivity contribution in [2.75, 3.05) is 0 Å². The first-order chi connectivity index (χ1) is 7.53. The van der Waals surface area contributed by atoms with Gasteiger partial charge in [-0.1, -0.05) is 18.5 Å². The monoisotopic (exact) mass is 258 g/mol. The summed E-state index contributed by atoms with van der Waals surface area (Å²) in [5, 5.41) is 12.9. The largest absolute Gasteiger partial charge is 0.481 e. The van der Waals surface area contributed by atoms with Crippen LogP contribution in [0.1, 0.15) is 30.1 Å². The third kappa shape index (κ3) is 1.57. The van der Waals surface area contributed by atoms with Gasteiger partial charge in [-0.25, -0.2) is 0 Å². The molecule has 1 fully saturated rings. The summed E-state index contributed by atoms with van der Waals surface area (Å²) in [6.07, 6.45) is 0.921. The third-order valence-corrected chi connectivity index (χ3v) is 4.51. The number of thiophene rings is 1. The minimum atomic E-state index is -0.875. The van der Waals surface area contributed by atoms with E-state index >= 15 is 0 Å². The predicted octanol–water partition coefficient (Wildman–Crippen LogP) is 3.09. The van der Waals surface area contributed by atoms with Crippen molar-refractivity contribution < 1.29 is 14.7 Å². The Morgan fingerprint density at radius 3 is 2.69 bits per heavy atom. The quantitative estimate of drug-likeness (QED) is 0.845. The summed E-state index contributed by atoms with van der Waals surface area (Å²) in [5.41, 5.74) is -0.379. The summed E-state index contributed by atoms with van der Waals surface area (Å²) in [7, 11) is 0. The summed E-state index contributed by atoms with van der Waals surface area (Å²) in [5.74, 6) is -1.41. The zero-order valence-corrected chi connectivity index (χ0v) is 10.3. The number of carboxylic acids is 1. The van der Waals surface area contributed by atoms with Gasteiger partial charge in [0.1, 0.15) is 0 Å². The van der Waals surface area contributed by atoms with Gasteiger partial charge in [0.15, 0.2) is 5.78 Å². The van der Waals surface area contributed by atoms with Gasteiger partial charge in [0.05, 0.1) is 10.4 Å². The zero-order valence-electron chi connectivity index (χ0n) is 8.70. The molecule has 2 atom stereocenters. The first-order valence-corrected chi connectivity index (χ1v) is 6.34. The molecule has 0 saturated heterocycles. The standard InChI is InChI=1S/C11H11ClO3S/c1-2-11(10(14)15)3-7(11)9(13)6-4-16-5-8(6)12/h4-5,7H,2-3H2,1H3,(H,14,15). The van der Waals surface area contributed by atoms with Crippen molar-refractivity contribution in [3.8, 4) is 0 Å². The topological polar surface area (TPSA) is 54.4 Å². The highest BCUT2D eigenvalue weighted by molar-refractivity contribution is 7.08. The minimum Gasteiger partial charge on any atom is -0.481 e. The van der Waals surface area contributed by atoms with Crippen LogP contribution in [-0.4, -0.2) is 16.9 Å². The van der Waals surface area contributed by atoms with E-state index in [2.05, 4.69) is 0 Å². The Morgan fingerprint density at radius 2 is 2.31 bits per heavy atom. The van der Waals surface area contributed by atoms with E-state index < -0.39 is 17.3 Å². The van der Waals surface area contributed by atoms with Crippen molar-refractivity contribution >= 4 is 34.7 Å². The summed E-state index contributed by atoms with van der Waals surface area (Å²) in [4.78, 5) is 23.1. The molecule has 3 nitrogen and oxygen atoms in total. The maximum atomic E-state index is 12.0. The lowest BCUT2D eigenvalue weighted by atomic mass is 9.97. The Bertz CT molecular complexity index is 454. The molecule has 5 heteroatoms. The lowest BCUT2D eigenvalue weighted by molar-refractivity contribution is -0.143. The van der Waals surface area contributed by atoms with Crippen molar-refractivity contribution in [3.63, 3.8) is 0 Å². The Balaban J connectivity index is 2.22. The first kappa shape index (κ1) is 11.6. The average Bonchev–Trinajstić information content (AvgIpc) is 2.87. The molecule has 0 amide bonds. The van der Waals surface area contributed by atoms with E-state index in [0.29, 0.717) is 23.4 Å². The van der Waals surface area contributed by atoms with Crippen molar-refractivity contribution in [2.24, 2.45) is 11.3 Å². The van der Waals surface area contributed by atoms with E-state index in [9.17, 15) is 9.59 Å². The Hall–Kier alpha value is -0.870. The molecule has 1 N–H and O–H groups in total. The van der Waals surface area contributed by atoms with Crippen molar-refractivity contribution in [1.29, 1.82) is 0 Å². The molecule has 0 spiro atoms. The fourth-order valence-corrected chi connectivity index (χ4v) is 3.13. The molecular formula is C11H11ClO3S. The van der Waals surface area contributed by atoms with Crippen LogP contribution < -0.4 is 0 Å². The Morgan fingerprint density at radius 1 is 1.62 bits per heavy atom. The van der Waals surface area contributed by atoms with E-state index in [0.717, 1.165) is 0 Å². The van der Waals surface area contributed by atoms with Crippen LogP contribution in [0.25, 0.3) is 0 Å². The van der Waals surface area contributed by atoms with Crippen LogP contribution in [-0.2, 0) is 4.79 Å². The number of Topliss-reactive ketones (excluding diaryl/α,β-unsaturated/α-hetero) is 1. The molecule has 1 aromatic heterocycles. The predicted molar refractivity (Wildman–Crippen MR) is 62.1 cm³/mol. The fraction of sp³-hybridized carbons (Fsp3) is 0.455. The highest BCUT2D eigenvalue weighted by Crippen LogP contribution is 2.57. The van der Waals surface area contributed by atoms with E-state index in [1.807, 2.05) is 0 Å². The summed E-state index contributed by atoms with van der Waals surface area (Å²) < 4.78 is 0. The van der Waals surface area contributed by atoms with E-state index in [1.54, 1.807) is 17.7 Å². The van der Waals surface area contributed by atoms with Crippen LogP contribution in [0, 0.1) is 11.3 Å². The molecule has 1 aromatic rings. The number of rotatable bonds is 4. The van der Waals surface area contributed by atoms with Gasteiger partial charge in [-0.3, -0.25) is 9.59 Å². The van der Waals surface area contributed by atoms with Gasteiger partial charge < -0.3 is 5.11 Å². The first-order valence-electron chi connectivity index (χ1n) is 5.02. The highest BCUT2D eigenvalue weighted by atomic mass is 35.5. The zero-order chi connectivity index (χ0) is 11.9. The van der Waals surface area contributed by atoms with E-state index in [-0.39, 0.29) is 5.78 Å². The lowest BCUT2D eigenvalue weighted by Gasteiger charge is -2.07. The molecule has 0 bridgehead atoms. The van der Waals surface area contributed by atoms with E-state index in [4.69, 9.17) is 16.7 Å². The van der Waals surface area contributed by atoms with E-state index in [1.165, 1.54) is 11.3 Å². The summed E-state index contributed by atoms with van der Waals surface area (Å²) >= 11 is 7.22. The number of carbonyl (C=O) groups is 2. The lowest BCUT2D eigenvalue weighted by Crippen LogP contribution is -2.20. The number of carbonyl (C=O) groups excluding carboxylic acids is 1. The second-order valence-electron chi connectivity index (χ2n) is 4.07. The molecule has 2 unspecified atom stereocenters. The van der Waals surface area contributed by atoms with Crippen LogP contribution in [0.5, 0.6) is 0 Å². The summed E-state index contributed by atoms with van der Waals surface area (Å²) in [6.45, 7) is 1.80. The molecule has 0 radical (unpaired) electrons. The Kier molecular flexibility index (Phi) is 2.80. The van der Waals surface area contributed by atoms with Gasteiger partial charge in [-0.15, -0.1) is 0 Å². The highest BCUT2D eigenvalue weighted by Gasteiger charge is 2.62. The molecule has 0 aromatic carbocycles. The number of carboxylic acid groups (broad SMARTS) is 1. The fourth-order valence-electron chi connectivity index (χ4n) is 2.07. The van der Waals surface area contributed by atoms with Crippen LogP contribution >= 0.6 is 22.9 Å². The molecule has 1 heterocycles. The number of halogens is 1. The maximum Gasteiger partial charge on any atom is 0.310 e.